The van der Waals surface area contributed by atoms with Gasteiger partial charge in [-0.05, 0) is 32.2 Å². The predicted molar refractivity (Wildman–Crippen MR) is 81.3 cm³/mol. The fraction of sp³-hybridized carbons (Fsp3) is 0.429. The van der Waals surface area contributed by atoms with Crippen LogP contribution in [-0.4, -0.2) is 40.8 Å². The van der Waals surface area contributed by atoms with Gasteiger partial charge in [-0.3, -0.25) is 4.79 Å². The number of para-hydroxylation sites is 1. The zero-order valence-corrected chi connectivity index (χ0v) is 12.7. The number of carbonyl (C=O) groups excluding carboxylic acids is 1. The molecule has 0 saturated carbocycles. The highest BCUT2D eigenvalue weighted by molar-refractivity contribution is 7.98. The van der Waals surface area contributed by atoms with Gasteiger partial charge in [0.2, 0.25) is 0 Å². The maximum atomic E-state index is 12.2. The summed E-state index contributed by atoms with van der Waals surface area (Å²) in [5.74, 6) is -0.909. The molecule has 0 heterocycles. The molecule has 0 atom stereocenters. The fourth-order valence-electron chi connectivity index (χ4n) is 1.75. The first-order valence-electron chi connectivity index (χ1n) is 6.38. The van der Waals surface area contributed by atoms with Crippen molar-refractivity contribution in [2.75, 3.05) is 18.1 Å². The minimum absolute atomic E-state index is 0.0595. The van der Waals surface area contributed by atoms with Gasteiger partial charge in [0.05, 0.1) is 12.1 Å². The third-order valence-corrected chi connectivity index (χ3v) is 3.60. The van der Waals surface area contributed by atoms with E-state index in [9.17, 15) is 9.59 Å². The lowest BCUT2D eigenvalue weighted by atomic mass is 10.3. The number of carboxylic acids is 1. The Kier molecular flexibility index (Phi) is 6.38. The van der Waals surface area contributed by atoms with Crippen molar-refractivity contribution in [1.29, 1.82) is 0 Å². The van der Waals surface area contributed by atoms with Gasteiger partial charge in [-0.1, -0.05) is 12.1 Å². The van der Waals surface area contributed by atoms with E-state index in [1.807, 2.05) is 44.4 Å². The quantitative estimate of drug-likeness (QED) is 0.791. The summed E-state index contributed by atoms with van der Waals surface area (Å²) >= 11 is 1.55. The molecule has 20 heavy (non-hydrogen) atoms. The second-order valence-corrected chi connectivity index (χ2v) is 5.41. The van der Waals surface area contributed by atoms with Crippen LogP contribution in [0.4, 0.5) is 10.5 Å². The van der Waals surface area contributed by atoms with Crippen LogP contribution in [0.2, 0.25) is 0 Å². The third-order valence-electron chi connectivity index (χ3n) is 2.80. The summed E-state index contributed by atoms with van der Waals surface area (Å²) in [6.07, 6.45) is 1.88. The molecular weight excluding hydrogens is 276 g/mol. The molecule has 0 spiro atoms. The number of amides is 2. The Labute approximate surface area is 123 Å². The average Bonchev–Trinajstić information content (AvgIpc) is 2.38. The largest absolute Gasteiger partial charge is 0.481 e. The first kappa shape index (κ1) is 16.4. The van der Waals surface area contributed by atoms with E-state index in [0.29, 0.717) is 0 Å². The second-order valence-electron chi connectivity index (χ2n) is 4.56. The molecule has 5 nitrogen and oxygen atoms in total. The van der Waals surface area contributed by atoms with Crippen molar-refractivity contribution in [3.05, 3.63) is 24.3 Å². The van der Waals surface area contributed by atoms with Crippen molar-refractivity contribution >= 4 is 29.4 Å². The summed E-state index contributed by atoms with van der Waals surface area (Å²) in [7, 11) is 0. The van der Waals surface area contributed by atoms with Gasteiger partial charge in [0, 0.05) is 17.5 Å². The summed E-state index contributed by atoms with van der Waals surface area (Å²) in [5, 5.41) is 11.6. The number of thioether (sulfide) groups is 1. The standard InChI is InChI=1S/C14H20N2O3S/c1-10(2)16(9-8-13(17)18)14(19)15-11-6-4-5-7-12(11)20-3/h4-7,10H,8-9H2,1-3H3,(H,15,19)(H,17,18). The predicted octanol–water partition coefficient (Wildman–Crippen LogP) is 3.13. The van der Waals surface area contributed by atoms with Crippen LogP contribution in [0.3, 0.4) is 0 Å². The van der Waals surface area contributed by atoms with E-state index in [1.54, 1.807) is 11.8 Å². The number of aliphatic carboxylic acids is 1. The highest BCUT2D eigenvalue weighted by Gasteiger charge is 2.18. The normalized spacial score (nSPS) is 10.4. The second kappa shape index (κ2) is 7.79. The Hall–Kier alpha value is -1.69. The summed E-state index contributed by atoms with van der Waals surface area (Å²) in [4.78, 5) is 25.4. The van der Waals surface area contributed by atoms with Crippen molar-refractivity contribution < 1.29 is 14.7 Å². The Bertz CT molecular complexity index is 477. The number of hydrogen-bond donors (Lipinski definition) is 2. The molecule has 0 aliphatic heterocycles. The number of nitrogens with one attached hydrogen (secondary N) is 1. The Morgan fingerprint density at radius 2 is 2.00 bits per heavy atom. The van der Waals surface area contributed by atoms with Crippen LogP contribution in [0.25, 0.3) is 0 Å². The highest BCUT2D eigenvalue weighted by atomic mass is 32.2. The lowest BCUT2D eigenvalue weighted by Crippen LogP contribution is -2.41. The van der Waals surface area contributed by atoms with Crippen molar-refractivity contribution in [3.63, 3.8) is 0 Å². The molecular formula is C14H20N2O3S. The van der Waals surface area contributed by atoms with Crippen molar-refractivity contribution in [2.45, 2.75) is 31.2 Å². The fourth-order valence-corrected chi connectivity index (χ4v) is 2.30. The molecule has 0 aliphatic rings. The molecule has 0 fully saturated rings. The molecule has 2 N–H and O–H groups in total. The summed E-state index contributed by atoms with van der Waals surface area (Å²) < 4.78 is 0. The number of carbonyl (C=O) groups is 2. The summed E-state index contributed by atoms with van der Waals surface area (Å²) in [6, 6.07) is 7.19. The number of hydrogen-bond acceptors (Lipinski definition) is 3. The lowest BCUT2D eigenvalue weighted by molar-refractivity contribution is -0.137. The molecule has 6 heteroatoms. The number of rotatable bonds is 6. The van der Waals surface area contributed by atoms with E-state index in [1.165, 1.54) is 4.90 Å². The maximum Gasteiger partial charge on any atom is 0.322 e. The number of benzene rings is 1. The van der Waals surface area contributed by atoms with Crippen molar-refractivity contribution in [3.8, 4) is 0 Å². The van der Waals surface area contributed by atoms with Gasteiger partial charge in [0.15, 0.2) is 0 Å². The van der Waals surface area contributed by atoms with Crippen LogP contribution < -0.4 is 5.32 Å². The number of nitrogens with zero attached hydrogens (tertiary/aromatic N) is 1. The van der Waals surface area contributed by atoms with E-state index in [2.05, 4.69) is 5.32 Å². The van der Waals surface area contributed by atoms with Gasteiger partial charge in [0.25, 0.3) is 0 Å². The monoisotopic (exact) mass is 296 g/mol. The molecule has 1 aromatic rings. The van der Waals surface area contributed by atoms with Crippen LogP contribution in [-0.2, 0) is 4.79 Å². The van der Waals surface area contributed by atoms with Crippen molar-refractivity contribution in [1.82, 2.24) is 4.90 Å². The van der Waals surface area contributed by atoms with Crippen LogP contribution in [0, 0.1) is 0 Å². The number of anilines is 1. The van der Waals surface area contributed by atoms with E-state index in [-0.39, 0.29) is 25.0 Å². The number of carboxylic acid groups (broad SMARTS) is 1. The van der Waals surface area contributed by atoms with Gasteiger partial charge in [-0.2, -0.15) is 0 Å². The average molecular weight is 296 g/mol. The molecule has 0 bridgehead atoms. The molecule has 1 aromatic carbocycles. The van der Waals surface area contributed by atoms with Gasteiger partial charge >= 0.3 is 12.0 Å². The van der Waals surface area contributed by atoms with Gasteiger partial charge < -0.3 is 15.3 Å². The minimum Gasteiger partial charge on any atom is -0.481 e. The zero-order chi connectivity index (χ0) is 15.1. The molecule has 0 unspecified atom stereocenters. The van der Waals surface area contributed by atoms with E-state index >= 15 is 0 Å². The van der Waals surface area contributed by atoms with Gasteiger partial charge in [-0.15, -0.1) is 11.8 Å². The van der Waals surface area contributed by atoms with E-state index in [4.69, 9.17) is 5.11 Å². The summed E-state index contributed by atoms with van der Waals surface area (Å²) in [6.45, 7) is 3.92. The summed E-state index contributed by atoms with van der Waals surface area (Å²) in [5.41, 5.74) is 0.742. The smallest absolute Gasteiger partial charge is 0.322 e. The molecule has 1 rings (SSSR count). The SMILES string of the molecule is CSc1ccccc1NC(=O)N(CCC(=O)O)C(C)C. The molecule has 2 amide bonds. The van der Waals surface area contributed by atoms with E-state index < -0.39 is 5.97 Å². The van der Waals surface area contributed by atoms with Gasteiger partial charge in [0.1, 0.15) is 0 Å². The molecule has 0 aliphatic carbocycles. The minimum atomic E-state index is -0.909. The zero-order valence-electron chi connectivity index (χ0n) is 11.9. The van der Waals surface area contributed by atoms with Crippen LogP contribution in [0.5, 0.6) is 0 Å². The Morgan fingerprint density at radius 1 is 1.35 bits per heavy atom. The van der Waals surface area contributed by atoms with E-state index in [0.717, 1.165) is 10.6 Å². The topological polar surface area (TPSA) is 69.6 Å². The lowest BCUT2D eigenvalue weighted by Gasteiger charge is -2.26. The Balaban J connectivity index is 2.77. The first-order valence-corrected chi connectivity index (χ1v) is 7.60. The molecule has 0 saturated heterocycles. The van der Waals surface area contributed by atoms with Crippen LogP contribution >= 0.6 is 11.8 Å². The van der Waals surface area contributed by atoms with Crippen LogP contribution in [0.15, 0.2) is 29.2 Å². The highest BCUT2D eigenvalue weighted by Crippen LogP contribution is 2.25. The maximum absolute atomic E-state index is 12.2. The molecule has 110 valence electrons. The third kappa shape index (κ3) is 4.77. The van der Waals surface area contributed by atoms with Crippen LogP contribution in [0.1, 0.15) is 20.3 Å². The molecule has 0 radical (unpaired) electrons. The Morgan fingerprint density at radius 3 is 2.55 bits per heavy atom. The first-order chi connectivity index (χ1) is 9.45. The van der Waals surface area contributed by atoms with Crippen molar-refractivity contribution in [2.24, 2.45) is 0 Å². The van der Waals surface area contributed by atoms with Gasteiger partial charge in [-0.25, -0.2) is 4.79 Å². The number of urea groups is 1. The molecule has 0 aromatic heterocycles.